The van der Waals surface area contributed by atoms with E-state index < -0.39 is 6.08 Å². The van der Waals surface area contributed by atoms with Crippen LogP contribution in [0.3, 0.4) is 0 Å². The van der Waals surface area contributed by atoms with Crippen LogP contribution in [0.1, 0.15) is 0 Å². The summed E-state index contributed by atoms with van der Waals surface area (Å²) in [5, 5.41) is 0.793. The lowest BCUT2D eigenvalue weighted by molar-refractivity contribution is 0.543. The van der Waals surface area contributed by atoms with Crippen LogP contribution in [-0.2, 0) is 0 Å². The molecule has 0 bridgehead atoms. The molecule has 20 heavy (non-hydrogen) atoms. The van der Waals surface area contributed by atoms with Gasteiger partial charge in [0.2, 0.25) is 0 Å². The Morgan fingerprint density at radius 1 is 0.850 bits per heavy atom. The molecular formula is C16H9FN2O. The van der Waals surface area contributed by atoms with E-state index in [1.54, 1.807) is 0 Å². The lowest BCUT2D eigenvalue weighted by Gasteiger charge is -2.00. The van der Waals surface area contributed by atoms with Crippen molar-refractivity contribution in [2.24, 2.45) is 0 Å². The van der Waals surface area contributed by atoms with Gasteiger partial charge in [0.1, 0.15) is 16.8 Å². The molecule has 0 aliphatic carbocycles. The van der Waals surface area contributed by atoms with Gasteiger partial charge in [-0.25, -0.2) is 0 Å². The zero-order valence-electron chi connectivity index (χ0n) is 10.4. The number of para-hydroxylation sites is 1. The van der Waals surface area contributed by atoms with Gasteiger partial charge in [-0.2, -0.15) is 14.4 Å². The molecule has 0 aliphatic rings. The van der Waals surface area contributed by atoms with Gasteiger partial charge < -0.3 is 4.42 Å². The second-order valence-corrected chi connectivity index (χ2v) is 4.48. The maximum absolute atomic E-state index is 13.7. The standard InChI is InChI=1S/C16H9FN2O/c17-16-18-13(10-6-2-1-3-7-10)15-14(19-16)11-8-4-5-9-12(11)20-15/h1-9H. The van der Waals surface area contributed by atoms with Crippen molar-refractivity contribution in [3.05, 3.63) is 60.7 Å². The molecule has 0 atom stereocenters. The van der Waals surface area contributed by atoms with Crippen LogP contribution in [0.25, 0.3) is 33.3 Å². The average Bonchev–Trinajstić information content (AvgIpc) is 2.86. The number of hydrogen-bond donors (Lipinski definition) is 0. The molecule has 4 aromatic rings. The minimum Gasteiger partial charge on any atom is -0.452 e. The van der Waals surface area contributed by atoms with Crippen LogP contribution in [0.2, 0.25) is 0 Å². The quantitative estimate of drug-likeness (QED) is 0.484. The highest BCUT2D eigenvalue weighted by Crippen LogP contribution is 2.33. The van der Waals surface area contributed by atoms with Crippen molar-refractivity contribution in [2.75, 3.05) is 0 Å². The van der Waals surface area contributed by atoms with Gasteiger partial charge in [0.15, 0.2) is 5.58 Å². The average molecular weight is 264 g/mol. The molecule has 0 unspecified atom stereocenters. The number of aromatic nitrogens is 2. The normalized spacial score (nSPS) is 11.2. The first-order chi connectivity index (χ1) is 9.83. The molecule has 0 saturated heterocycles. The minimum atomic E-state index is -0.747. The molecule has 3 nitrogen and oxygen atoms in total. The molecule has 0 spiro atoms. The maximum atomic E-state index is 13.7. The monoisotopic (exact) mass is 264 g/mol. The molecule has 4 rings (SSSR count). The number of benzene rings is 2. The van der Waals surface area contributed by atoms with Crippen LogP contribution < -0.4 is 0 Å². The first-order valence-corrected chi connectivity index (χ1v) is 6.23. The summed E-state index contributed by atoms with van der Waals surface area (Å²) in [5.74, 6) is 0. The SMILES string of the molecule is Fc1nc(-c2ccccc2)c2oc3ccccc3c2n1. The summed E-state index contributed by atoms with van der Waals surface area (Å²) < 4.78 is 19.5. The molecule has 2 aromatic carbocycles. The molecule has 4 heteroatoms. The Balaban J connectivity index is 2.16. The Labute approximate surface area is 113 Å². The highest BCUT2D eigenvalue weighted by Gasteiger charge is 2.16. The molecule has 2 aromatic heterocycles. The van der Waals surface area contributed by atoms with Gasteiger partial charge in [0.05, 0.1) is 0 Å². The summed E-state index contributed by atoms with van der Waals surface area (Å²) in [6, 6.07) is 16.8. The molecule has 0 radical (unpaired) electrons. The predicted octanol–water partition coefficient (Wildman–Crippen LogP) is 4.18. The predicted molar refractivity (Wildman–Crippen MR) is 74.7 cm³/mol. The topological polar surface area (TPSA) is 38.9 Å². The zero-order valence-corrected chi connectivity index (χ0v) is 10.4. The van der Waals surface area contributed by atoms with Crippen molar-refractivity contribution in [3.8, 4) is 11.3 Å². The fraction of sp³-hybridized carbons (Fsp3) is 0. The van der Waals surface area contributed by atoms with Gasteiger partial charge in [-0.05, 0) is 12.1 Å². The van der Waals surface area contributed by atoms with Gasteiger partial charge >= 0.3 is 6.08 Å². The number of nitrogens with zero attached hydrogens (tertiary/aromatic N) is 2. The minimum absolute atomic E-state index is 0.476. The Morgan fingerprint density at radius 3 is 2.45 bits per heavy atom. The van der Waals surface area contributed by atoms with Crippen LogP contribution >= 0.6 is 0 Å². The third kappa shape index (κ3) is 1.58. The lowest BCUT2D eigenvalue weighted by atomic mass is 10.1. The highest BCUT2D eigenvalue weighted by atomic mass is 19.1. The summed E-state index contributed by atoms with van der Waals surface area (Å²) in [7, 11) is 0. The summed E-state index contributed by atoms with van der Waals surface area (Å²) in [4.78, 5) is 7.77. The summed E-state index contributed by atoms with van der Waals surface area (Å²) in [6.45, 7) is 0. The van der Waals surface area contributed by atoms with E-state index in [2.05, 4.69) is 9.97 Å². The number of fused-ring (bicyclic) bond motifs is 3. The van der Waals surface area contributed by atoms with Crippen molar-refractivity contribution in [2.45, 2.75) is 0 Å². The van der Waals surface area contributed by atoms with E-state index in [1.165, 1.54) is 0 Å². The van der Waals surface area contributed by atoms with E-state index >= 15 is 0 Å². The van der Waals surface area contributed by atoms with E-state index in [0.29, 0.717) is 22.4 Å². The van der Waals surface area contributed by atoms with Crippen molar-refractivity contribution < 1.29 is 8.81 Å². The van der Waals surface area contributed by atoms with Crippen LogP contribution in [0, 0.1) is 6.08 Å². The Bertz CT molecular complexity index is 916. The van der Waals surface area contributed by atoms with E-state index in [1.807, 2.05) is 54.6 Å². The van der Waals surface area contributed by atoms with E-state index in [4.69, 9.17) is 4.42 Å². The summed E-state index contributed by atoms with van der Waals surface area (Å²) in [5.41, 5.74) is 2.98. The van der Waals surface area contributed by atoms with Crippen LogP contribution in [0.4, 0.5) is 4.39 Å². The van der Waals surface area contributed by atoms with Crippen molar-refractivity contribution >= 4 is 22.1 Å². The Kier molecular flexibility index (Phi) is 2.29. The first-order valence-electron chi connectivity index (χ1n) is 6.23. The molecule has 96 valence electrons. The van der Waals surface area contributed by atoms with Gasteiger partial charge in [-0.3, -0.25) is 0 Å². The van der Waals surface area contributed by atoms with E-state index in [9.17, 15) is 4.39 Å². The summed E-state index contributed by atoms with van der Waals surface area (Å²) >= 11 is 0. The van der Waals surface area contributed by atoms with Crippen molar-refractivity contribution in [1.82, 2.24) is 9.97 Å². The van der Waals surface area contributed by atoms with E-state index in [0.717, 1.165) is 10.9 Å². The Morgan fingerprint density at radius 2 is 1.60 bits per heavy atom. The van der Waals surface area contributed by atoms with Crippen LogP contribution in [0.5, 0.6) is 0 Å². The molecule has 0 amide bonds. The van der Waals surface area contributed by atoms with Crippen LogP contribution in [-0.4, -0.2) is 9.97 Å². The molecule has 0 fully saturated rings. The molecular weight excluding hydrogens is 255 g/mol. The number of halogens is 1. The fourth-order valence-corrected chi connectivity index (χ4v) is 2.36. The largest absolute Gasteiger partial charge is 0.452 e. The fourth-order valence-electron chi connectivity index (χ4n) is 2.36. The molecule has 0 saturated carbocycles. The smallest absolute Gasteiger partial charge is 0.309 e. The van der Waals surface area contributed by atoms with Crippen molar-refractivity contribution in [3.63, 3.8) is 0 Å². The lowest BCUT2D eigenvalue weighted by Crippen LogP contribution is -1.93. The number of hydrogen-bond acceptors (Lipinski definition) is 3. The van der Waals surface area contributed by atoms with Gasteiger partial charge in [-0.15, -0.1) is 0 Å². The van der Waals surface area contributed by atoms with E-state index in [-0.39, 0.29) is 0 Å². The third-order valence-electron chi connectivity index (χ3n) is 3.24. The second kappa shape index (κ2) is 4.13. The molecule has 0 N–H and O–H groups in total. The van der Waals surface area contributed by atoms with Crippen LogP contribution in [0.15, 0.2) is 59.0 Å². The van der Waals surface area contributed by atoms with Crippen molar-refractivity contribution in [1.29, 1.82) is 0 Å². The van der Waals surface area contributed by atoms with Gasteiger partial charge in [-0.1, -0.05) is 42.5 Å². The first kappa shape index (κ1) is 11.1. The van der Waals surface area contributed by atoms with Gasteiger partial charge in [0, 0.05) is 10.9 Å². The zero-order chi connectivity index (χ0) is 13.5. The molecule has 0 aliphatic heterocycles. The number of rotatable bonds is 1. The maximum Gasteiger partial charge on any atom is 0.309 e. The third-order valence-corrected chi connectivity index (χ3v) is 3.24. The summed E-state index contributed by atoms with van der Waals surface area (Å²) in [6.07, 6.45) is -0.747. The highest BCUT2D eigenvalue weighted by molar-refractivity contribution is 6.06. The van der Waals surface area contributed by atoms with Gasteiger partial charge in [0.25, 0.3) is 0 Å². The molecule has 2 heterocycles. The number of furan rings is 1. The second-order valence-electron chi connectivity index (χ2n) is 4.48. The Hall–Kier alpha value is -2.75.